The smallest absolute Gasteiger partial charge is 0.251 e. The molecule has 1 amide bonds. The molecule has 5 nitrogen and oxygen atoms in total. The fraction of sp³-hybridized carbons (Fsp3) is 0.667. The van der Waals surface area contributed by atoms with E-state index in [4.69, 9.17) is 0 Å². The Morgan fingerprint density at radius 3 is 2.48 bits per heavy atom. The van der Waals surface area contributed by atoms with E-state index >= 15 is 0 Å². The average Bonchev–Trinajstić information content (AvgIpc) is 3.26. The summed E-state index contributed by atoms with van der Waals surface area (Å²) in [5.41, 5.74) is 1.25. The van der Waals surface area contributed by atoms with Crippen molar-refractivity contribution in [2.75, 3.05) is 13.1 Å². The van der Waals surface area contributed by atoms with Gasteiger partial charge in [0.15, 0.2) is 0 Å². The van der Waals surface area contributed by atoms with Gasteiger partial charge in [-0.15, -0.1) is 0 Å². The maximum Gasteiger partial charge on any atom is 0.251 e. The molecule has 0 aliphatic heterocycles. The molecule has 2 aliphatic carbocycles. The Bertz CT molecular complexity index is 802. The highest BCUT2D eigenvalue weighted by Crippen LogP contribution is 2.49. The van der Waals surface area contributed by atoms with Crippen molar-refractivity contribution in [3.63, 3.8) is 0 Å². The van der Waals surface area contributed by atoms with Gasteiger partial charge in [0, 0.05) is 24.7 Å². The lowest BCUT2D eigenvalue weighted by Crippen LogP contribution is -2.40. The van der Waals surface area contributed by atoms with Gasteiger partial charge in [-0.1, -0.05) is 26.3 Å². The number of carbonyl (C=O) groups excluding carboxylic acids is 1. The molecule has 0 aromatic heterocycles. The van der Waals surface area contributed by atoms with Crippen molar-refractivity contribution in [1.82, 2.24) is 9.62 Å². The van der Waals surface area contributed by atoms with E-state index in [-0.39, 0.29) is 16.8 Å². The zero-order chi connectivity index (χ0) is 19.8. The van der Waals surface area contributed by atoms with Crippen molar-refractivity contribution in [3.8, 4) is 0 Å². The number of nitrogens with one attached hydrogen (secondary N) is 1. The molecule has 1 N–H and O–H groups in total. The van der Waals surface area contributed by atoms with Gasteiger partial charge < -0.3 is 5.32 Å². The lowest BCUT2D eigenvalue weighted by Gasteiger charge is -2.28. The summed E-state index contributed by atoms with van der Waals surface area (Å²) in [4.78, 5) is 13.1. The second-order valence-electron chi connectivity index (χ2n) is 8.17. The van der Waals surface area contributed by atoms with E-state index in [2.05, 4.69) is 12.2 Å². The Labute approximate surface area is 163 Å². The molecule has 1 aromatic carbocycles. The van der Waals surface area contributed by atoms with Crippen LogP contribution >= 0.6 is 0 Å². The topological polar surface area (TPSA) is 66.5 Å². The van der Waals surface area contributed by atoms with Crippen molar-refractivity contribution >= 4 is 15.9 Å². The Morgan fingerprint density at radius 1 is 1.22 bits per heavy atom. The van der Waals surface area contributed by atoms with Crippen LogP contribution in [0.15, 0.2) is 23.1 Å². The van der Waals surface area contributed by atoms with E-state index < -0.39 is 10.0 Å². The summed E-state index contributed by atoms with van der Waals surface area (Å²) in [5.74, 6) is 1.96. The molecule has 2 saturated carbocycles. The molecule has 3 rings (SSSR count). The first-order chi connectivity index (χ1) is 12.8. The van der Waals surface area contributed by atoms with Crippen LogP contribution in [0.25, 0.3) is 0 Å². The highest BCUT2D eigenvalue weighted by Gasteiger charge is 2.42. The first kappa shape index (κ1) is 20.3. The second-order valence-corrected chi connectivity index (χ2v) is 10.1. The molecular weight excluding hydrogens is 360 g/mol. The predicted octanol–water partition coefficient (Wildman–Crippen LogP) is 3.58. The van der Waals surface area contributed by atoms with Crippen molar-refractivity contribution in [3.05, 3.63) is 29.3 Å². The standard InChI is InChI=1S/C21H32N2O3S/c1-5-23(6-2)27(25,26)18-10-7-14(3)19(13-18)21(24)22-15(4)20-12-16-8-9-17(20)11-16/h7,10,13,15-17,20H,5-6,8-9,11-12H2,1-4H3,(H,22,24). The van der Waals surface area contributed by atoms with Crippen LogP contribution in [0.5, 0.6) is 0 Å². The third-order valence-corrected chi connectivity index (χ3v) is 8.64. The van der Waals surface area contributed by atoms with Crippen LogP contribution in [0.4, 0.5) is 0 Å². The van der Waals surface area contributed by atoms with Gasteiger partial charge >= 0.3 is 0 Å². The largest absolute Gasteiger partial charge is 0.349 e. The fourth-order valence-electron chi connectivity index (χ4n) is 5.02. The molecule has 1 aromatic rings. The molecular formula is C21H32N2O3S. The average molecular weight is 393 g/mol. The maximum absolute atomic E-state index is 12.9. The number of nitrogens with zero attached hydrogens (tertiary/aromatic N) is 1. The lowest BCUT2D eigenvalue weighted by molar-refractivity contribution is 0.0914. The Hall–Kier alpha value is -1.40. The zero-order valence-corrected chi connectivity index (χ0v) is 17.7. The SMILES string of the molecule is CCN(CC)S(=O)(=O)c1ccc(C)c(C(=O)NC(C)C2CC3CCC2C3)c1. The summed E-state index contributed by atoms with van der Waals surface area (Å²) < 4.78 is 27.0. The molecule has 150 valence electrons. The van der Waals surface area contributed by atoms with Crippen LogP contribution in [0, 0.1) is 24.7 Å². The number of carbonyl (C=O) groups is 1. The summed E-state index contributed by atoms with van der Waals surface area (Å²) in [6, 6.07) is 4.98. The number of hydrogen-bond donors (Lipinski definition) is 1. The third kappa shape index (κ3) is 3.92. The van der Waals surface area contributed by atoms with Gasteiger partial charge in [-0.25, -0.2) is 8.42 Å². The molecule has 2 bridgehead atoms. The number of aryl methyl sites for hydroxylation is 1. The first-order valence-electron chi connectivity index (χ1n) is 10.2. The van der Waals surface area contributed by atoms with Crippen LogP contribution in [-0.4, -0.2) is 37.8 Å². The molecule has 6 heteroatoms. The molecule has 27 heavy (non-hydrogen) atoms. The Balaban J connectivity index is 1.78. The van der Waals surface area contributed by atoms with Crippen molar-refractivity contribution in [2.45, 2.75) is 64.3 Å². The second kappa shape index (κ2) is 7.92. The molecule has 0 heterocycles. The van der Waals surface area contributed by atoms with Crippen LogP contribution in [0.3, 0.4) is 0 Å². The molecule has 2 fully saturated rings. The maximum atomic E-state index is 12.9. The van der Waals surface area contributed by atoms with E-state index in [1.807, 2.05) is 20.8 Å². The number of benzene rings is 1. The number of sulfonamides is 1. The summed E-state index contributed by atoms with van der Waals surface area (Å²) in [7, 11) is -3.57. The van der Waals surface area contributed by atoms with Gasteiger partial charge in [-0.2, -0.15) is 4.31 Å². The van der Waals surface area contributed by atoms with E-state index in [9.17, 15) is 13.2 Å². The molecule has 4 atom stereocenters. The Morgan fingerprint density at radius 2 is 1.93 bits per heavy atom. The van der Waals surface area contributed by atoms with Crippen molar-refractivity contribution in [1.29, 1.82) is 0 Å². The normalized spacial score (nSPS) is 25.7. The van der Waals surface area contributed by atoms with Crippen molar-refractivity contribution in [2.24, 2.45) is 17.8 Å². The van der Waals surface area contributed by atoms with Gasteiger partial charge in [0.25, 0.3) is 5.91 Å². The highest BCUT2D eigenvalue weighted by atomic mass is 32.2. The van der Waals surface area contributed by atoms with Crippen LogP contribution in [0.2, 0.25) is 0 Å². The van der Waals surface area contributed by atoms with E-state index in [1.165, 1.54) is 36.1 Å². The predicted molar refractivity (Wildman–Crippen MR) is 107 cm³/mol. The minimum atomic E-state index is -3.57. The first-order valence-corrected chi connectivity index (χ1v) is 11.6. The number of hydrogen-bond acceptors (Lipinski definition) is 3. The van der Waals surface area contributed by atoms with E-state index in [0.717, 1.165) is 17.4 Å². The summed E-state index contributed by atoms with van der Waals surface area (Å²) in [6.07, 6.45) is 5.14. The molecule has 0 radical (unpaired) electrons. The summed E-state index contributed by atoms with van der Waals surface area (Å²) in [5, 5.41) is 3.15. The number of rotatable bonds is 7. The van der Waals surface area contributed by atoms with Crippen LogP contribution in [0.1, 0.15) is 62.4 Å². The fourth-order valence-corrected chi connectivity index (χ4v) is 6.50. The van der Waals surface area contributed by atoms with Gasteiger partial charge in [0.05, 0.1) is 4.90 Å². The zero-order valence-electron chi connectivity index (χ0n) is 16.9. The number of fused-ring (bicyclic) bond motifs is 2. The quantitative estimate of drug-likeness (QED) is 0.771. The summed E-state index contributed by atoms with van der Waals surface area (Å²) >= 11 is 0. The lowest BCUT2D eigenvalue weighted by atomic mass is 9.84. The molecule has 0 spiro atoms. The molecule has 4 unspecified atom stereocenters. The van der Waals surface area contributed by atoms with Gasteiger partial charge in [-0.05, 0) is 68.6 Å². The monoisotopic (exact) mass is 392 g/mol. The Kier molecular flexibility index (Phi) is 5.96. The van der Waals surface area contributed by atoms with Crippen LogP contribution < -0.4 is 5.32 Å². The van der Waals surface area contributed by atoms with E-state index in [1.54, 1.807) is 12.1 Å². The van der Waals surface area contributed by atoms with Gasteiger partial charge in [0.2, 0.25) is 10.0 Å². The third-order valence-electron chi connectivity index (χ3n) is 6.59. The van der Waals surface area contributed by atoms with Crippen molar-refractivity contribution < 1.29 is 13.2 Å². The highest BCUT2D eigenvalue weighted by molar-refractivity contribution is 7.89. The number of amides is 1. The van der Waals surface area contributed by atoms with Crippen LogP contribution in [-0.2, 0) is 10.0 Å². The van der Waals surface area contributed by atoms with E-state index in [0.29, 0.717) is 24.6 Å². The van der Waals surface area contributed by atoms with Gasteiger partial charge in [0.1, 0.15) is 0 Å². The van der Waals surface area contributed by atoms with Gasteiger partial charge in [-0.3, -0.25) is 4.79 Å². The molecule has 0 saturated heterocycles. The minimum absolute atomic E-state index is 0.121. The molecule has 2 aliphatic rings. The minimum Gasteiger partial charge on any atom is -0.349 e. The summed E-state index contributed by atoms with van der Waals surface area (Å²) in [6.45, 7) is 8.41.